The third-order valence-corrected chi connectivity index (χ3v) is 6.41. The van der Waals surface area contributed by atoms with Crippen LogP contribution in [0.1, 0.15) is 22.4 Å². The normalized spacial score (nSPS) is 10.5. The molecule has 0 unspecified atom stereocenters. The quantitative estimate of drug-likeness (QED) is 0.253. The molecule has 0 atom stereocenters. The number of aromatic nitrogens is 1. The molecule has 9 heteroatoms. The Balaban J connectivity index is 1.35. The lowest BCUT2D eigenvalue weighted by molar-refractivity contribution is 0.0923. The largest absolute Gasteiger partial charge is 0.514 e. The maximum absolute atomic E-state index is 12.2. The highest BCUT2D eigenvalue weighted by molar-refractivity contribution is 7.19. The number of ether oxygens (including phenoxy) is 3. The highest BCUT2D eigenvalue weighted by atomic mass is 35.5. The summed E-state index contributed by atoms with van der Waals surface area (Å²) in [4.78, 5) is 29.6. The molecule has 4 rings (SSSR count). The fourth-order valence-corrected chi connectivity index (χ4v) is 4.54. The van der Waals surface area contributed by atoms with Crippen LogP contribution in [0.15, 0.2) is 78.9 Å². The van der Waals surface area contributed by atoms with Crippen molar-refractivity contribution in [3.63, 3.8) is 0 Å². The van der Waals surface area contributed by atoms with Gasteiger partial charge in [-0.25, -0.2) is 14.6 Å². The summed E-state index contributed by atoms with van der Waals surface area (Å²) in [5.41, 5.74) is 3.71. The van der Waals surface area contributed by atoms with E-state index in [-0.39, 0.29) is 19.8 Å². The van der Waals surface area contributed by atoms with E-state index in [4.69, 9.17) is 25.8 Å². The van der Waals surface area contributed by atoms with Crippen LogP contribution >= 0.6 is 22.9 Å². The van der Waals surface area contributed by atoms with Gasteiger partial charge in [0.15, 0.2) is 5.75 Å². The van der Waals surface area contributed by atoms with E-state index in [9.17, 15) is 9.59 Å². The average Bonchev–Trinajstić information content (AvgIpc) is 3.27. The van der Waals surface area contributed by atoms with Gasteiger partial charge in [-0.05, 0) is 41.8 Å². The van der Waals surface area contributed by atoms with Crippen molar-refractivity contribution < 1.29 is 23.8 Å². The first-order valence-electron chi connectivity index (χ1n) is 11.1. The third kappa shape index (κ3) is 7.07. The molecule has 0 saturated heterocycles. The molecule has 0 aliphatic carbocycles. The van der Waals surface area contributed by atoms with Crippen molar-refractivity contribution in [2.45, 2.75) is 26.7 Å². The van der Waals surface area contributed by atoms with Crippen LogP contribution in [0.25, 0.3) is 10.6 Å². The summed E-state index contributed by atoms with van der Waals surface area (Å²) in [6.45, 7) is 2.25. The number of carbonyl (C=O) groups is 2. The van der Waals surface area contributed by atoms with Gasteiger partial charge in [-0.3, -0.25) is 0 Å². The third-order valence-electron chi connectivity index (χ3n) is 5.08. The zero-order chi connectivity index (χ0) is 25.3. The molecule has 2 heterocycles. The molecule has 0 fully saturated rings. The lowest BCUT2D eigenvalue weighted by Crippen LogP contribution is -2.23. The number of rotatable bonds is 8. The summed E-state index contributed by atoms with van der Waals surface area (Å²) < 4.78 is 16.3. The van der Waals surface area contributed by atoms with Crippen LogP contribution in [-0.2, 0) is 29.2 Å². The van der Waals surface area contributed by atoms with Gasteiger partial charge in [-0.15, -0.1) is 11.3 Å². The molecule has 0 spiro atoms. The van der Waals surface area contributed by atoms with Crippen LogP contribution in [0.5, 0.6) is 5.75 Å². The minimum atomic E-state index is -0.811. The number of nitrogens with zero attached hydrogens (tertiary/aromatic N) is 1. The molecule has 4 aromatic rings. The van der Waals surface area contributed by atoms with E-state index in [1.807, 2.05) is 60.7 Å². The highest BCUT2D eigenvalue weighted by Crippen LogP contribution is 2.35. The van der Waals surface area contributed by atoms with Crippen molar-refractivity contribution in [2.24, 2.45) is 0 Å². The van der Waals surface area contributed by atoms with Gasteiger partial charge in [0.25, 0.3) is 0 Å². The summed E-state index contributed by atoms with van der Waals surface area (Å²) in [7, 11) is 0. The number of benzene rings is 2. The van der Waals surface area contributed by atoms with E-state index in [2.05, 4.69) is 10.3 Å². The Morgan fingerprint density at radius 3 is 2.19 bits per heavy atom. The summed E-state index contributed by atoms with van der Waals surface area (Å²) in [5.74, 6) is 0.295. The Morgan fingerprint density at radius 2 is 1.56 bits per heavy atom. The molecule has 0 aliphatic rings. The second-order valence-electron chi connectivity index (χ2n) is 7.73. The topological polar surface area (TPSA) is 86.8 Å². The molecule has 2 aromatic carbocycles. The zero-order valence-electron chi connectivity index (χ0n) is 19.4. The van der Waals surface area contributed by atoms with Gasteiger partial charge in [-0.1, -0.05) is 72.3 Å². The van der Waals surface area contributed by atoms with Crippen molar-refractivity contribution in [3.8, 4) is 16.3 Å². The van der Waals surface area contributed by atoms with Gasteiger partial charge < -0.3 is 19.5 Å². The minimum absolute atomic E-state index is 0.113. The SMILES string of the molecule is Cc1nc(-c2sc(Cl)cc2CNC(=O)OCc2ccccc2)ccc1OC(=O)OCc1ccccc1. The smallest absolute Gasteiger partial charge is 0.445 e. The molecule has 1 N–H and O–H groups in total. The molecule has 184 valence electrons. The molecule has 2 aromatic heterocycles. The van der Waals surface area contributed by atoms with Crippen molar-refractivity contribution in [1.29, 1.82) is 0 Å². The maximum Gasteiger partial charge on any atom is 0.514 e. The summed E-state index contributed by atoms with van der Waals surface area (Å²) in [6.07, 6.45) is -1.34. The fraction of sp³-hybridized carbons (Fsp3) is 0.148. The first kappa shape index (κ1) is 25.2. The van der Waals surface area contributed by atoms with Crippen LogP contribution in [0.4, 0.5) is 9.59 Å². The van der Waals surface area contributed by atoms with Crippen molar-refractivity contribution in [3.05, 3.63) is 106 Å². The van der Waals surface area contributed by atoms with Crippen LogP contribution in [-0.4, -0.2) is 17.2 Å². The molecule has 0 radical (unpaired) electrons. The van der Waals surface area contributed by atoms with Gasteiger partial charge in [0.2, 0.25) is 0 Å². The Labute approximate surface area is 217 Å². The predicted molar refractivity (Wildman–Crippen MR) is 138 cm³/mol. The number of nitrogens with one attached hydrogen (secondary N) is 1. The first-order valence-corrected chi connectivity index (χ1v) is 12.3. The number of carbonyl (C=O) groups excluding carboxylic acids is 2. The second-order valence-corrected chi connectivity index (χ2v) is 9.41. The lowest BCUT2D eigenvalue weighted by Gasteiger charge is -2.10. The van der Waals surface area contributed by atoms with Gasteiger partial charge in [-0.2, -0.15) is 0 Å². The second kappa shape index (κ2) is 12.2. The van der Waals surface area contributed by atoms with E-state index in [0.717, 1.165) is 21.6 Å². The Hall–Kier alpha value is -3.88. The molecule has 0 aliphatic heterocycles. The van der Waals surface area contributed by atoms with E-state index in [1.54, 1.807) is 25.1 Å². The molecule has 0 saturated carbocycles. The molecule has 1 amide bonds. The minimum Gasteiger partial charge on any atom is -0.445 e. The number of pyridine rings is 1. The van der Waals surface area contributed by atoms with E-state index < -0.39 is 12.2 Å². The number of aryl methyl sites for hydroxylation is 1. The average molecular weight is 523 g/mol. The van der Waals surface area contributed by atoms with E-state index >= 15 is 0 Å². The van der Waals surface area contributed by atoms with Gasteiger partial charge in [0, 0.05) is 6.54 Å². The lowest BCUT2D eigenvalue weighted by atomic mass is 10.2. The molecular formula is C27H23ClN2O5S. The molecule has 36 heavy (non-hydrogen) atoms. The van der Waals surface area contributed by atoms with Gasteiger partial charge >= 0.3 is 12.2 Å². The number of thiophene rings is 1. The van der Waals surface area contributed by atoms with E-state index in [0.29, 0.717) is 21.5 Å². The standard InChI is InChI=1S/C27H23ClN2O5S/c1-18-23(35-27(32)34-17-20-10-6-3-7-11-20)13-12-22(30-18)25-21(14-24(28)36-25)15-29-26(31)33-16-19-8-4-2-5-9-19/h2-14H,15-17H2,1H3,(H,29,31). The van der Waals surface area contributed by atoms with Crippen molar-refractivity contribution in [1.82, 2.24) is 10.3 Å². The monoisotopic (exact) mass is 522 g/mol. The Morgan fingerprint density at radius 1 is 0.917 bits per heavy atom. The Bertz CT molecular complexity index is 1330. The molecule has 7 nitrogen and oxygen atoms in total. The molecular weight excluding hydrogens is 500 g/mol. The van der Waals surface area contributed by atoms with Crippen LogP contribution in [0.3, 0.4) is 0 Å². The van der Waals surface area contributed by atoms with Crippen LogP contribution < -0.4 is 10.1 Å². The van der Waals surface area contributed by atoms with Crippen molar-refractivity contribution >= 4 is 35.2 Å². The number of halogens is 1. The van der Waals surface area contributed by atoms with Gasteiger partial charge in [0.1, 0.15) is 13.2 Å². The number of amides is 1. The molecule has 0 bridgehead atoms. The predicted octanol–water partition coefficient (Wildman–Crippen LogP) is 6.91. The van der Waals surface area contributed by atoms with Crippen LogP contribution in [0.2, 0.25) is 4.34 Å². The van der Waals surface area contributed by atoms with Crippen molar-refractivity contribution in [2.75, 3.05) is 0 Å². The fourth-order valence-electron chi connectivity index (χ4n) is 3.30. The maximum atomic E-state index is 12.2. The number of alkyl carbamates (subject to hydrolysis) is 1. The van der Waals surface area contributed by atoms with Crippen LogP contribution in [0, 0.1) is 6.92 Å². The Kier molecular flexibility index (Phi) is 8.54. The summed E-state index contributed by atoms with van der Waals surface area (Å²) in [6, 6.07) is 23.9. The highest BCUT2D eigenvalue weighted by Gasteiger charge is 2.16. The number of hydrogen-bond donors (Lipinski definition) is 1. The van der Waals surface area contributed by atoms with E-state index in [1.165, 1.54) is 11.3 Å². The summed E-state index contributed by atoms with van der Waals surface area (Å²) >= 11 is 7.60. The first-order chi connectivity index (χ1) is 17.5. The zero-order valence-corrected chi connectivity index (χ0v) is 21.0. The number of hydrogen-bond acceptors (Lipinski definition) is 7. The van der Waals surface area contributed by atoms with Gasteiger partial charge in [0.05, 0.1) is 20.6 Å². The summed E-state index contributed by atoms with van der Waals surface area (Å²) in [5, 5.41) is 2.75.